The number of nitrogens with zero attached hydrogens (tertiary/aromatic N) is 2. The molecule has 0 atom stereocenters. The van der Waals surface area contributed by atoms with Gasteiger partial charge >= 0.3 is 0 Å². The molecule has 0 bridgehead atoms. The number of rotatable bonds is 9. The predicted octanol–water partition coefficient (Wildman–Crippen LogP) is 4.65. The van der Waals surface area contributed by atoms with Crippen molar-refractivity contribution in [3.8, 4) is 0 Å². The lowest BCUT2D eigenvalue weighted by Crippen LogP contribution is -2.26. The lowest BCUT2D eigenvalue weighted by Gasteiger charge is -2.16. The molecule has 9 heteroatoms. The molecule has 1 aromatic heterocycles. The standard InChI is InChI=1S/C22H22BrFN4O3/c1-13-9-15(23)5-6-17(13)26-20-16(22(30)27-31-11-14-3-4-14)10-18-21(19(20)24)25-12-28(18)7-2-8-29/h5-6,8-10,12,14,26H,2-4,7,11H2,1H3,(H,27,30). The van der Waals surface area contributed by atoms with E-state index >= 15 is 4.39 Å². The summed E-state index contributed by atoms with van der Waals surface area (Å²) in [7, 11) is 0. The van der Waals surface area contributed by atoms with Crippen molar-refractivity contribution in [3.05, 3.63) is 52.0 Å². The summed E-state index contributed by atoms with van der Waals surface area (Å²) in [6.07, 6.45) is 4.69. The number of imidazole rings is 1. The Kier molecular flexibility index (Phi) is 6.33. The summed E-state index contributed by atoms with van der Waals surface area (Å²) in [5.41, 5.74) is 4.64. The Morgan fingerprint density at radius 3 is 2.90 bits per heavy atom. The molecule has 1 saturated carbocycles. The fourth-order valence-electron chi connectivity index (χ4n) is 3.30. The molecular formula is C22H22BrFN4O3. The molecule has 1 aliphatic carbocycles. The van der Waals surface area contributed by atoms with Gasteiger partial charge in [0.2, 0.25) is 0 Å². The zero-order valence-electron chi connectivity index (χ0n) is 17.0. The second-order valence-corrected chi connectivity index (χ2v) is 8.56. The zero-order valence-corrected chi connectivity index (χ0v) is 18.5. The molecule has 2 N–H and O–H groups in total. The summed E-state index contributed by atoms with van der Waals surface area (Å²) in [4.78, 5) is 33.2. The number of halogens is 2. The van der Waals surface area contributed by atoms with Gasteiger partial charge in [-0.3, -0.25) is 9.63 Å². The summed E-state index contributed by atoms with van der Waals surface area (Å²) in [6.45, 7) is 2.66. The summed E-state index contributed by atoms with van der Waals surface area (Å²) in [6, 6.07) is 7.10. The van der Waals surface area contributed by atoms with E-state index in [0.717, 1.165) is 29.2 Å². The van der Waals surface area contributed by atoms with E-state index in [2.05, 4.69) is 31.7 Å². The molecule has 1 heterocycles. The molecule has 1 amide bonds. The van der Waals surface area contributed by atoms with Crippen LogP contribution in [0.3, 0.4) is 0 Å². The van der Waals surface area contributed by atoms with Crippen LogP contribution >= 0.6 is 15.9 Å². The molecule has 7 nitrogen and oxygen atoms in total. The molecule has 1 aliphatic rings. The van der Waals surface area contributed by atoms with Gasteiger partial charge in [-0.15, -0.1) is 0 Å². The zero-order chi connectivity index (χ0) is 22.0. The average molecular weight is 489 g/mol. The topological polar surface area (TPSA) is 85.2 Å². The third-order valence-corrected chi connectivity index (χ3v) is 5.71. The highest BCUT2D eigenvalue weighted by Crippen LogP contribution is 2.33. The van der Waals surface area contributed by atoms with Crippen LogP contribution < -0.4 is 10.8 Å². The van der Waals surface area contributed by atoms with Gasteiger partial charge in [-0.05, 0) is 55.5 Å². The van der Waals surface area contributed by atoms with Crippen molar-refractivity contribution in [2.75, 3.05) is 11.9 Å². The molecule has 3 aromatic rings. The molecule has 0 spiro atoms. The van der Waals surface area contributed by atoms with E-state index in [1.807, 2.05) is 19.1 Å². The van der Waals surface area contributed by atoms with Gasteiger partial charge in [-0.2, -0.15) is 0 Å². The molecule has 0 aliphatic heterocycles. The van der Waals surface area contributed by atoms with Gasteiger partial charge in [-0.1, -0.05) is 15.9 Å². The quantitative estimate of drug-likeness (QED) is 0.338. The summed E-state index contributed by atoms with van der Waals surface area (Å²) >= 11 is 3.41. The molecule has 4 rings (SSSR count). The maximum absolute atomic E-state index is 15.5. The van der Waals surface area contributed by atoms with Crippen LogP contribution in [0.15, 0.2) is 35.1 Å². The molecule has 31 heavy (non-hydrogen) atoms. The number of fused-ring (bicyclic) bond motifs is 1. The highest BCUT2D eigenvalue weighted by Gasteiger charge is 2.24. The number of nitrogens with one attached hydrogen (secondary N) is 2. The van der Waals surface area contributed by atoms with E-state index in [9.17, 15) is 9.59 Å². The summed E-state index contributed by atoms with van der Waals surface area (Å²) < 4.78 is 18.1. The minimum absolute atomic E-state index is 0.0195. The summed E-state index contributed by atoms with van der Waals surface area (Å²) in [5, 5.41) is 3.06. The Morgan fingerprint density at radius 2 is 2.19 bits per heavy atom. The molecule has 0 saturated heterocycles. The lowest BCUT2D eigenvalue weighted by molar-refractivity contribution is -0.108. The predicted molar refractivity (Wildman–Crippen MR) is 119 cm³/mol. The Morgan fingerprint density at radius 1 is 1.39 bits per heavy atom. The van der Waals surface area contributed by atoms with Crippen molar-refractivity contribution in [1.29, 1.82) is 0 Å². The number of hydrogen-bond donors (Lipinski definition) is 2. The number of anilines is 2. The molecule has 1 fully saturated rings. The van der Waals surface area contributed by atoms with Crippen molar-refractivity contribution in [1.82, 2.24) is 15.0 Å². The number of aldehydes is 1. The number of hydrogen-bond acceptors (Lipinski definition) is 5. The van der Waals surface area contributed by atoms with Gasteiger partial charge in [0.25, 0.3) is 5.91 Å². The molecule has 0 radical (unpaired) electrons. The number of aryl methyl sites for hydroxylation is 2. The number of benzene rings is 2. The van der Waals surface area contributed by atoms with Crippen LogP contribution in [0.2, 0.25) is 0 Å². The monoisotopic (exact) mass is 488 g/mol. The lowest BCUT2D eigenvalue weighted by atomic mass is 10.1. The minimum atomic E-state index is -0.642. The van der Waals surface area contributed by atoms with E-state index in [1.165, 1.54) is 6.33 Å². The third kappa shape index (κ3) is 4.77. The first kappa shape index (κ1) is 21.5. The smallest absolute Gasteiger partial charge is 0.277 e. The highest BCUT2D eigenvalue weighted by atomic mass is 79.9. The van der Waals surface area contributed by atoms with Gasteiger partial charge < -0.3 is 14.7 Å². The third-order valence-electron chi connectivity index (χ3n) is 5.22. The Hall–Kier alpha value is -2.78. The summed E-state index contributed by atoms with van der Waals surface area (Å²) in [5.74, 6) is -0.730. The van der Waals surface area contributed by atoms with E-state index in [0.29, 0.717) is 30.3 Å². The number of carbonyl (C=O) groups excluding carboxylic acids is 2. The van der Waals surface area contributed by atoms with Crippen LogP contribution in [0.5, 0.6) is 0 Å². The van der Waals surface area contributed by atoms with Gasteiger partial charge in [0.15, 0.2) is 5.82 Å². The number of hydroxylamine groups is 1. The Labute approximate surface area is 187 Å². The van der Waals surface area contributed by atoms with Crippen molar-refractivity contribution in [3.63, 3.8) is 0 Å². The van der Waals surface area contributed by atoms with Crippen molar-refractivity contribution in [2.24, 2.45) is 5.92 Å². The van der Waals surface area contributed by atoms with Gasteiger partial charge in [0, 0.05) is 23.1 Å². The van der Waals surface area contributed by atoms with E-state index in [-0.39, 0.29) is 23.2 Å². The van der Waals surface area contributed by atoms with Crippen LogP contribution in [0.1, 0.15) is 35.2 Å². The first-order chi connectivity index (χ1) is 15.0. The second-order valence-electron chi connectivity index (χ2n) is 7.64. The number of amides is 1. The molecule has 2 aromatic carbocycles. The molecule has 162 valence electrons. The fourth-order valence-corrected chi connectivity index (χ4v) is 3.77. The normalized spacial score (nSPS) is 13.4. The van der Waals surface area contributed by atoms with Crippen molar-refractivity contribution in [2.45, 2.75) is 32.7 Å². The number of carbonyl (C=O) groups is 2. The number of aromatic nitrogens is 2. The van der Waals surface area contributed by atoms with Gasteiger partial charge in [-0.25, -0.2) is 14.9 Å². The van der Waals surface area contributed by atoms with E-state index < -0.39 is 11.7 Å². The Bertz CT molecular complexity index is 1140. The van der Waals surface area contributed by atoms with Crippen LogP contribution in [-0.4, -0.2) is 28.4 Å². The Balaban J connectivity index is 1.74. The minimum Gasteiger partial charge on any atom is -0.352 e. The van der Waals surface area contributed by atoms with Crippen molar-refractivity contribution < 1.29 is 18.8 Å². The average Bonchev–Trinajstić information content (AvgIpc) is 3.48. The SMILES string of the molecule is Cc1cc(Br)ccc1Nc1c(C(=O)NOCC2CC2)cc2c(ncn2CCC=O)c1F. The van der Waals surface area contributed by atoms with Crippen LogP contribution in [0.25, 0.3) is 11.0 Å². The van der Waals surface area contributed by atoms with E-state index in [4.69, 9.17) is 4.84 Å². The van der Waals surface area contributed by atoms with Gasteiger partial charge in [0.05, 0.1) is 29.7 Å². The molecule has 0 unspecified atom stereocenters. The highest BCUT2D eigenvalue weighted by molar-refractivity contribution is 9.10. The van der Waals surface area contributed by atoms with Crippen molar-refractivity contribution >= 4 is 50.5 Å². The van der Waals surface area contributed by atoms with Crippen LogP contribution in [0.4, 0.5) is 15.8 Å². The maximum atomic E-state index is 15.5. The van der Waals surface area contributed by atoms with Crippen LogP contribution in [0, 0.1) is 18.7 Å². The largest absolute Gasteiger partial charge is 0.352 e. The second kappa shape index (κ2) is 9.15. The first-order valence-corrected chi connectivity index (χ1v) is 10.8. The maximum Gasteiger partial charge on any atom is 0.277 e. The fraction of sp³-hybridized carbons (Fsp3) is 0.318. The van der Waals surface area contributed by atoms with E-state index in [1.54, 1.807) is 16.7 Å². The first-order valence-electron chi connectivity index (χ1n) is 10.0. The van der Waals surface area contributed by atoms with Crippen LogP contribution in [-0.2, 0) is 16.2 Å². The molecular weight excluding hydrogens is 467 g/mol. The van der Waals surface area contributed by atoms with Gasteiger partial charge in [0.1, 0.15) is 11.8 Å².